The van der Waals surface area contributed by atoms with Crippen LogP contribution in [0.5, 0.6) is 0 Å². The van der Waals surface area contributed by atoms with Crippen molar-refractivity contribution in [2.45, 2.75) is 38.4 Å². The lowest BCUT2D eigenvalue weighted by molar-refractivity contribution is 0.0505. The Morgan fingerprint density at radius 1 is 1.57 bits per heavy atom. The Labute approximate surface area is 83.1 Å². The number of nitrogens with zero attached hydrogens (tertiary/aromatic N) is 2. The van der Waals surface area contributed by atoms with Crippen molar-refractivity contribution in [2.75, 3.05) is 6.54 Å². The largest absolute Gasteiger partial charge is 0.367 e. The average Bonchev–Trinajstić information content (AvgIpc) is 2.74. The number of rotatable bonds is 3. The van der Waals surface area contributed by atoms with Gasteiger partial charge in [-0.3, -0.25) is 5.10 Å². The molecule has 78 valence electrons. The van der Waals surface area contributed by atoms with Gasteiger partial charge in [-0.25, -0.2) is 4.98 Å². The molecule has 0 aliphatic carbocycles. The predicted molar refractivity (Wildman–Crippen MR) is 51.7 cm³/mol. The average molecular weight is 196 g/mol. The Morgan fingerprint density at radius 2 is 2.43 bits per heavy atom. The molecule has 1 aliphatic heterocycles. The Morgan fingerprint density at radius 3 is 3.07 bits per heavy atom. The molecule has 1 aliphatic rings. The maximum absolute atomic E-state index is 5.66. The third-order valence-electron chi connectivity index (χ3n) is 2.45. The van der Waals surface area contributed by atoms with Gasteiger partial charge in [0.2, 0.25) is 0 Å². The lowest BCUT2D eigenvalue weighted by Crippen LogP contribution is -2.05. The van der Waals surface area contributed by atoms with Crippen molar-refractivity contribution in [1.29, 1.82) is 0 Å². The van der Waals surface area contributed by atoms with E-state index in [0.717, 1.165) is 30.9 Å². The van der Waals surface area contributed by atoms with E-state index in [-0.39, 0.29) is 6.10 Å². The summed E-state index contributed by atoms with van der Waals surface area (Å²) < 4.78 is 5.66. The maximum Gasteiger partial charge on any atom is 0.179 e. The number of nitrogens with one attached hydrogen (secondary N) is 1. The molecule has 2 unspecified atom stereocenters. The monoisotopic (exact) mass is 196 g/mol. The van der Waals surface area contributed by atoms with Crippen LogP contribution >= 0.6 is 0 Å². The highest BCUT2D eigenvalue weighted by Crippen LogP contribution is 2.30. The minimum atomic E-state index is 0.0766. The van der Waals surface area contributed by atoms with E-state index in [1.54, 1.807) is 0 Å². The minimum Gasteiger partial charge on any atom is -0.367 e. The number of H-pyrrole nitrogens is 1. The molecule has 5 heteroatoms. The summed E-state index contributed by atoms with van der Waals surface area (Å²) >= 11 is 0. The molecular weight excluding hydrogens is 180 g/mol. The molecule has 1 saturated heterocycles. The van der Waals surface area contributed by atoms with Crippen LogP contribution in [0.25, 0.3) is 0 Å². The first-order valence-corrected chi connectivity index (χ1v) is 5.06. The van der Waals surface area contributed by atoms with Gasteiger partial charge in [-0.2, -0.15) is 5.10 Å². The molecule has 2 atom stereocenters. The standard InChI is InChI=1S/C9H16N4O/c1-6-2-3-7(14-6)9-11-8(4-5-10)12-13-9/h6-7H,2-5,10H2,1H3,(H,11,12,13). The highest BCUT2D eigenvalue weighted by Gasteiger charge is 2.26. The van der Waals surface area contributed by atoms with Crippen LogP contribution in [0.2, 0.25) is 0 Å². The number of aromatic nitrogens is 3. The van der Waals surface area contributed by atoms with Crippen LogP contribution in [-0.4, -0.2) is 27.8 Å². The Bertz CT molecular complexity index is 299. The van der Waals surface area contributed by atoms with E-state index in [1.165, 1.54) is 0 Å². The molecule has 0 aromatic carbocycles. The van der Waals surface area contributed by atoms with Crippen LogP contribution in [0.15, 0.2) is 0 Å². The fraction of sp³-hybridized carbons (Fsp3) is 0.778. The third kappa shape index (κ3) is 1.93. The summed E-state index contributed by atoms with van der Waals surface area (Å²) in [5.41, 5.74) is 5.43. The van der Waals surface area contributed by atoms with Gasteiger partial charge in [0.1, 0.15) is 11.9 Å². The molecule has 14 heavy (non-hydrogen) atoms. The summed E-state index contributed by atoms with van der Waals surface area (Å²) in [6, 6.07) is 0. The zero-order valence-corrected chi connectivity index (χ0v) is 8.36. The van der Waals surface area contributed by atoms with E-state index >= 15 is 0 Å². The Kier molecular flexibility index (Phi) is 2.79. The SMILES string of the molecule is CC1CCC(c2n[nH]c(CCN)n2)O1. The molecule has 2 heterocycles. The lowest BCUT2D eigenvalue weighted by atomic mass is 10.2. The molecule has 0 amide bonds. The second-order valence-electron chi connectivity index (χ2n) is 3.69. The molecule has 1 aromatic heterocycles. The van der Waals surface area contributed by atoms with Gasteiger partial charge in [0.15, 0.2) is 5.82 Å². The van der Waals surface area contributed by atoms with Gasteiger partial charge in [0.05, 0.1) is 6.10 Å². The quantitative estimate of drug-likeness (QED) is 0.740. The first kappa shape index (κ1) is 9.61. The van der Waals surface area contributed by atoms with E-state index in [4.69, 9.17) is 10.5 Å². The smallest absolute Gasteiger partial charge is 0.179 e. The molecular formula is C9H16N4O. The van der Waals surface area contributed by atoms with Gasteiger partial charge in [0.25, 0.3) is 0 Å². The summed E-state index contributed by atoms with van der Waals surface area (Å²) in [5.74, 6) is 1.63. The van der Waals surface area contributed by atoms with E-state index in [0.29, 0.717) is 12.6 Å². The zero-order chi connectivity index (χ0) is 9.97. The normalized spacial score (nSPS) is 27.0. The lowest BCUT2D eigenvalue weighted by Gasteiger charge is -2.05. The first-order chi connectivity index (χ1) is 6.79. The number of hydrogen-bond donors (Lipinski definition) is 2. The number of aromatic amines is 1. The van der Waals surface area contributed by atoms with E-state index in [2.05, 4.69) is 22.1 Å². The van der Waals surface area contributed by atoms with Crippen LogP contribution in [0.4, 0.5) is 0 Å². The maximum atomic E-state index is 5.66. The van der Waals surface area contributed by atoms with Gasteiger partial charge in [0, 0.05) is 6.42 Å². The summed E-state index contributed by atoms with van der Waals surface area (Å²) in [4.78, 5) is 4.34. The number of hydrogen-bond acceptors (Lipinski definition) is 4. The summed E-state index contributed by atoms with van der Waals surface area (Å²) in [6.07, 6.45) is 3.26. The van der Waals surface area contributed by atoms with E-state index in [9.17, 15) is 0 Å². The number of ether oxygens (including phenoxy) is 1. The Balaban J connectivity index is 2.02. The Hall–Kier alpha value is -0.940. The zero-order valence-electron chi connectivity index (χ0n) is 8.36. The van der Waals surface area contributed by atoms with Crippen LogP contribution in [0.3, 0.4) is 0 Å². The first-order valence-electron chi connectivity index (χ1n) is 5.06. The second kappa shape index (κ2) is 4.06. The summed E-state index contributed by atoms with van der Waals surface area (Å²) in [6.45, 7) is 2.67. The molecule has 1 aromatic rings. The minimum absolute atomic E-state index is 0.0766. The van der Waals surface area contributed by atoms with Crippen molar-refractivity contribution in [2.24, 2.45) is 5.73 Å². The fourth-order valence-electron chi connectivity index (χ4n) is 1.70. The van der Waals surface area contributed by atoms with Gasteiger partial charge < -0.3 is 10.5 Å². The molecule has 0 spiro atoms. The van der Waals surface area contributed by atoms with E-state index in [1.807, 2.05) is 0 Å². The van der Waals surface area contributed by atoms with Crippen molar-refractivity contribution in [3.63, 3.8) is 0 Å². The van der Waals surface area contributed by atoms with Crippen LogP contribution < -0.4 is 5.73 Å². The van der Waals surface area contributed by atoms with Gasteiger partial charge in [-0.1, -0.05) is 0 Å². The summed E-state index contributed by atoms with van der Waals surface area (Å²) in [5, 5.41) is 7.01. The topological polar surface area (TPSA) is 76.8 Å². The highest BCUT2D eigenvalue weighted by molar-refractivity contribution is 4.96. The predicted octanol–water partition coefficient (Wildman–Crippen LogP) is 0.546. The molecule has 0 radical (unpaired) electrons. The third-order valence-corrected chi connectivity index (χ3v) is 2.45. The van der Waals surface area contributed by atoms with Crippen molar-refractivity contribution in [3.05, 3.63) is 11.6 Å². The fourth-order valence-corrected chi connectivity index (χ4v) is 1.70. The van der Waals surface area contributed by atoms with Crippen molar-refractivity contribution in [3.8, 4) is 0 Å². The van der Waals surface area contributed by atoms with Crippen molar-refractivity contribution >= 4 is 0 Å². The molecule has 0 bridgehead atoms. The summed E-state index contributed by atoms with van der Waals surface area (Å²) in [7, 11) is 0. The van der Waals surface area contributed by atoms with Crippen LogP contribution in [-0.2, 0) is 11.2 Å². The van der Waals surface area contributed by atoms with Gasteiger partial charge in [-0.05, 0) is 26.3 Å². The molecule has 1 fully saturated rings. The molecule has 3 N–H and O–H groups in total. The number of nitrogens with two attached hydrogens (primary N) is 1. The second-order valence-corrected chi connectivity index (χ2v) is 3.69. The van der Waals surface area contributed by atoms with Crippen LogP contribution in [0, 0.1) is 0 Å². The molecule has 0 saturated carbocycles. The van der Waals surface area contributed by atoms with Gasteiger partial charge in [-0.15, -0.1) is 0 Å². The highest BCUT2D eigenvalue weighted by atomic mass is 16.5. The van der Waals surface area contributed by atoms with E-state index < -0.39 is 0 Å². The van der Waals surface area contributed by atoms with Gasteiger partial charge >= 0.3 is 0 Å². The van der Waals surface area contributed by atoms with Crippen molar-refractivity contribution in [1.82, 2.24) is 15.2 Å². The van der Waals surface area contributed by atoms with Crippen molar-refractivity contribution < 1.29 is 4.74 Å². The molecule has 2 rings (SSSR count). The van der Waals surface area contributed by atoms with Crippen LogP contribution in [0.1, 0.15) is 37.5 Å². The molecule has 5 nitrogen and oxygen atoms in total.